The third-order valence-corrected chi connectivity index (χ3v) is 4.24. The molecule has 0 saturated carbocycles. The van der Waals surface area contributed by atoms with Gasteiger partial charge < -0.3 is 18.9 Å². The first-order valence-electron chi connectivity index (χ1n) is 10.6. The number of carbonyl (C=O) groups is 2. The molecule has 0 unspecified atom stereocenters. The van der Waals surface area contributed by atoms with E-state index >= 15 is 0 Å². The molecule has 6 heteroatoms. The maximum atomic E-state index is 10.9. The summed E-state index contributed by atoms with van der Waals surface area (Å²) in [6.45, 7) is 8.89. The number of benzene rings is 1. The lowest BCUT2D eigenvalue weighted by atomic mass is 10.2. The van der Waals surface area contributed by atoms with Crippen LogP contribution in [0.15, 0.2) is 49.6 Å². The van der Waals surface area contributed by atoms with Gasteiger partial charge in [-0.15, -0.1) is 0 Å². The zero-order valence-electron chi connectivity index (χ0n) is 17.8. The van der Waals surface area contributed by atoms with Crippen LogP contribution >= 0.6 is 0 Å². The van der Waals surface area contributed by atoms with Gasteiger partial charge in [-0.2, -0.15) is 0 Å². The Morgan fingerprint density at radius 2 is 1.07 bits per heavy atom. The standard InChI is InChI=1S/C24H34O6/c1-3-23(25)29-18-11-7-5-9-16-27-21-14-13-15-22(20-21)28-17-10-6-8-12-19-30-24(26)4-2/h3-4,13-15,20H,1-2,5-12,16-19H2. The number of carbonyl (C=O) groups excluding carboxylic acids is 2. The molecule has 1 aromatic carbocycles. The third-order valence-electron chi connectivity index (χ3n) is 4.24. The average molecular weight is 419 g/mol. The quantitative estimate of drug-likeness (QED) is 0.189. The number of esters is 2. The molecule has 0 aromatic heterocycles. The van der Waals surface area contributed by atoms with Crippen molar-refractivity contribution in [1.29, 1.82) is 0 Å². The molecule has 0 aliphatic heterocycles. The van der Waals surface area contributed by atoms with E-state index in [0.717, 1.165) is 62.9 Å². The van der Waals surface area contributed by atoms with E-state index in [1.54, 1.807) is 0 Å². The van der Waals surface area contributed by atoms with Gasteiger partial charge in [0.15, 0.2) is 0 Å². The van der Waals surface area contributed by atoms with E-state index in [4.69, 9.17) is 18.9 Å². The topological polar surface area (TPSA) is 71.1 Å². The Bertz CT molecular complexity index is 589. The summed E-state index contributed by atoms with van der Waals surface area (Å²) in [5.74, 6) is 0.867. The second-order valence-corrected chi connectivity index (χ2v) is 6.74. The smallest absolute Gasteiger partial charge is 0.330 e. The van der Waals surface area contributed by atoms with Gasteiger partial charge in [-0.1, -0.05) is 19.2 Å². The van der Waals surface area contributed by atoms with Gasteiger partial charge in [0.1, 0.15) is 11.5 Å². The summed E-state index contributed by atoms with van der Waals surface area (Å²) in [6, 6.07) is 7.67. The van der Waals surface area contributed by atoms with Gasteiger partial charge in [-0.25, -0.2) is 9.59 Å². The van der Waals surface area contributed by atoms with Crippen molar-refractivity contribution < 1.29 is 28.5 Å². The van der Waals surface area contributed by atoms with Crippen LogP contribution in [0.25, 0.3) is 0 Å². The molecule has 0 bridgehead atoms. The molecule has 6 nitrogen and oxygen atoms in total. The van der Waals surface area contributed by atoms with E-state index in [1.807, 2.05) is 24.3 Å². The zero-order valence-corrected chi connectivity index (χ0v) is 17.8. The minimum atomic E-state index is -0.369. The number of hydrogen-bond donors (Lipinski definition) is 0. The Hall–Kier alpha value is -2.76. The van der Waals surface area contributed by atoms with Crippen LogP contribution < -0.4 is 9.47 Å². The van der Waals surface area contributed by atoms with Crippen molar-refractivity contribution in [2.45, 2.75) is 51.4 Å². The SMILES string of the molecule is C=CC(=O)OCCCCCCOc1cccc(OCCCCCCOC(=O)C=C)c1. The molecule has 1 aromatic rings. The van der Waals surface area contributed by atoms with Crippen LogP contribution in [0.4, 0.5) is 0 Å². The molecule has 0 spiro atoms. The number of hydrogen-bond acceptors (Lipinski definition) is 6. The molecule has 0 N–H and O–H groups in total. The van der Waals surface area contributed by atoms with Crippen molar-refractivity contribution in [2.75, 3.05) is 26.4 Å². The molecule has 0 heterocycles. The maximum absolute atomic E-state index is 10.9. The van der Waals surface area contributed by atoms with Crippen LogP contribution in [-0.4, -0.2) is 38.4 Å². The highest BCUT2D eigenvalue weighted by Crippen LogP contribution is 2.20. The Labute approximate surface area is 179 Å². The zero-order chi connectivity index (χ0) is 21.9. The fourth-order valence-electron chi connectivity index (χ4n) is 2.61. The summed E-state index contributed by atoms with van der Waals surface area (Å²) in [5.41, 5.74) is 0. The molecule has 0 amide bonds. The maximum Gasteiger partial charge on any atom is 0.330 e. The molecule has 0 saturated heterocycles. The largest absolute Gasteiger partial charge is 0.493 e. The fraction of sp³-hybridized carbons (Fsp3) is 0.500. The summed E-state index contributed by atoms with van der Waals surface area (Å²) < 4.78 is 21.4. The summed E-state index contributed by atoms with van der Waals surface area (Å²) in [6.07, 6.45) is 9.98. The summed E-state index contributed by atoms with van der Waals surface area (Å²) in [4.78, 5) is 21.8. The summed E-state index contributed by atoms with van der Waals surface area (Å²) in [5, 5.41) is 0. The first-order valence-corrected chi connectivity index (χ1v) is 10.6. The van der Waals surface area contributed by atoms with E-state index in [1.165, 1.54) is 12.2 Å². The molecular weight excluding hydrogens is 384 g/mol. The highest BCUT2D eigenvalue weighted by molar-refractivity contribution is 5.81. The lowest BCUT2D eigenvalue weighted by Crippen LogP contribution is -2.03. The van der Waals surface area contributed by atoms with Crippen LogP contribution in [-0.2, 0) is 19.1 Å². The predicted molar refractivity (Wildman–Crippen MR) is 117 cm³/mol. The van der Waals surface area contributed by atoms with Gasteiger partial charge >= 0.3 is 11.9 Å². The van der Waals surface area contributed by atoms with E-state index in [9.17, 15) is 9.59 Å². The van der Waals surface area contributed by atoms with Gasteiger partial charge in [0.25, 0.3) is 0 Å². The van der Waals surface area contributed by atoms with Crippen molar-refractivity contribution >= 4 is 11.9 Å². The van der Waals surface area contributed by atoms with Crippen LogP contribution in [0.1, 0.15) is 51.4 Å². The lowest BCUT2D eigenvalue weighted by molar-refractivity contribution is -0.138. The molecule has 30 heavy (non-hydrogen) atoms. The van der Waals surface area contributed by atoms with E-state index in [0.29, 0.717) is 26.4 Å². The minimum Gasteiger partial charge on any atom is -0.493 e. The molecule has 0 aliphatic rings. The second-order valence-electron chi connectivity index (χ2n) is 6.74. The van der Waals surface area contributed by atoms with Crippen molar-refractivity contribution in [2.24, 2.45) is 0 Å². The molecule has 0 aliphatic carbocycles. The molecule has 166 valence electrons. The third kappa shape index (κ3) is 13.4. The van der Waals surface area contributed by atoms with Crippen LogP contribution in [0.2, 0.25) is 0 Å². The van der Waals surface area contributed by atoms with Crippen LogP contribution in [0.3, 0.4) is 0 Å². The predicted octanol–water partition coefficient (Wildman–Crippen LogP) is 5.02. The average Bonchev–Trinajstić information content (AvgIpc) is 2.77. The number of ether oxygens (including phenoxy) is 4. The fourth-order valence-corrected chi connectivity index (χ4v) is 2.61. The minimum absolute atomic E-state index is 0.369. The van der Waals surface area contributed by atoms with Crippen molar-refractivity contribution in [3.63, 3.8) is 0 Å². The monoisotopic (exact) mass is 418 g/mol. The van der Waals surface area contributed by atoms with Crippen molar-refractivity contribution in [3.8, 4) is 11.5 Å². The van der Waals surface area contributed by atoms with E-state index in [-0.39, 0.29) is 11.9 Å². The first-order chi connectivity index (χ1) is 14.7. The van der Waals surface area contributed by atoms with Gasteiger partial charge in [0.2, 0.25) is 0 Å². The number of unbranched alkanes of at least 4 members (excludes halogenated alkanes) is 6. The van der Waals surface area contributed by atoms with Crippen molar-refractivity contribution in [3.05, 3.63) is 49.6 Å². The van der Waals surface area contributed by atoms with Crippen LogP contribution in [0.5, 0.6) is 11.5 Å². The van der Waals surface area contributed by atoms with Crippen molar-refractivity contribution in [1.82, 2.24) is 0 Å². The Kier molecular flexibility index (Phi) is 14.4. The van der Waals surface area contributed by atoms with Gasteiger partial charge in [0.05, 0.1) is 26.4 Å². The van der Waals surface area contributed by atoms with E-state index in [2.05, 4.69) is 13.2 Å². The van der Waals surface area contributed by atoms with E-state index < -0.39 is 0 Å². The summed E-state index contributed by atoms with van der Waals surface area (Å²) >= 11 is 0. The number of rotatable bonds is 18. The Balaban J connectivity index is 2.04. The highest BCUT2D eigenvalue weighted by atomic mass is 16.5. The highest BCUT2D eigenvalue weighted by Gasteiger charge is 2.00. The van der Waals surface area contributed by atoms with Gasteiger partial charge in [-0.3, -0.25) is 0 Å². The molecular formula is C24H34O6. The Morgan fingerprint density at radius 3 is 1.47 bits per heavy atom. The molecule has 0 atom stereocenters. The Morgan fingerprint density at radius 1 is 0.667 bits per heavy atom. The van der Waals surface area contributed by atoms with Gasteiger partial charge in [0, 0.05) is 18.2 Å². The second kappa shape index (κ2) is 17.1. The first kappa shape index (κ1) is 25.3. The normalized spacial score (nSPS) is 10.1. The molecule has 0 fully saturated rings. The summed E-state index contributed by atoms with van der Waals surface area (Å²) in [7, 11) is 0. The van der Waals surface area contributed by atoms with Gasteiger partial charge in [-0.05, 0) is 63.5 Å². The van der Waals surface area contributed by atoms with Crippen LogP contribution in [0, 0.1) is 0 Å². The lowest BCUT2D eigenvalue weighted by Gasteiger charge is -2.10. The molecule has 0 radical (unpaired) electrons. The molecule has 1 rings (SSSR count).